The summed E-state index contributed by atoms with van der Waals surface area (Å²) in [6, 6.07) is 6.39. The number of hydrogen-bond acceptors (Lipinski definition) is 2. The van der Waals surface area contributed by atoms with Crippen LogP contribution in [0.15, 0.2) is 30.6 Å². The fourth-order valence-electron chi connectivity index (χ4n) is 2.29. The zero-order chi connectivity index (χ0) is 15.2. The summed E-state index contributed by atoms with van der Waals surface area (Å²) in [5.74, 6) is 0. The number of benzene rings is 1. The van der Waals surface area contributed by atoms with Gasteiger partial charge in [0.25, 0.3) is 0 Å². The molecule has 21 heavy (non-hydrogen) atoms. The zero-order valence-electron chi connectivity index (χ0n) is 12.4. The highest BCUT2D eigenvalue weighted by atomic mass is 127. The Balaban J connectivity index is 2.29. The monoisotopic (exact) mass is 417 g/mol. The molecule has 0 saturated heterocycles. The molecular formula is C16H21ClIN3. The number of nitrogens with one attached hydrogen (secondary N) is 1. The molecule has 2 rings (SSSR count). The minimum atomic E-state index is 0.144. The van der Waals surface area contributed by atoms with E-state index < -0.39 is 0 Å². The molecule has 0 aliphatic heterocycles. The highest BCUT2D eigenvalue weighted by molar-refractivity contribution is 14.1. The molecule has 0 saturated carbocycles. The van der Waals surface area contributed by atoms with Crippen molar-refractivity contribution in [3.8, 4) is 0 Å². The Morgan fingerprint density at radius 1 is 1.29 bits per heavy atom. The van der Waals surface area contributed by atoms with Crippen LogP contribution >= 0.6 is 34.2 Å². The topological polar surface area (TPSA) is 29.9 Å². The molecule has 0 fully saturated rings. The Kier molecular flexibility index (Phi) is 6.51. The number of hydrogen-bond donors (Lipinski definition) is 1. The highest BCUT2D eigenvalue weighted by Gasteiger charge is 2.16. The van der Waals surface area contributed by atoms with Gasteiger partial charge in [0.2, 0.25) is 0 Å². The second-order valence-corrected chi connectivity index (χ2v) is 6.67. The molecule has 5 heteroatoms. The maximum absolute atomic E-state index is 6.28. The van der Waals surface area contributed by atoms with Crippen molar-refractivity contribution in [2.24, 2.45) is 0 Å². The number of rotatable bonds is 7. The smallest absolute Gasteiger partial charge is 0.0608 e. The average Bonchev–Trinajstić information content (AvgIpc) is 2.92. The fourth-order valence-corrected chi connectivity index (χ4v) is 2.81. The lowest BCUT2D eigenvalue weighted by atomic mass is 10.0. The number of halogens is 2. The second-order valence-electron chi connectivity index (χ2n) is 5.10. The van der Waals surface area contributed by atoms with Gasteiger partial charge in [-0.15, -0.1) is 0 Å². The Morgan fingerprint density at radius 2 is 2.10 bits per heavy atom. The molecule has 1 N–H and O–H groups in total. The normalized spacial score (nSPS) is 12.6. The van der Waals surface area contributed by atoms with Gasteiger partial charge in [-0.2, -0.15) is 5.10 Å². The van der Waals surface area contributed by atoms with E-state index in [1.165, 1.54) is 11.1 Å². The van der Waals surface area contributed by atoms with E-state index in [9.17, 15) is 0 Å². The summed E-state index contributed by atoms with van der Waals surface area (Å²) in [5, 5.41) is 8.84. The quantitative estimate of drug-likeness (QED) is 0.665. The molecule has 3 nitrogen and oxygen atoms in total. The molecule has 1 aromatic carbocycles. The van der Waals surface area contributed by atoms with Gasteiger partial charge in [0.15, 0.2) is 0 Å². The number of aromatic nitrogens is 2. The Morgan fingerprint density at radius 3 is 2.76 bits per heavy atom. The van der Waals surface area contributed by atoms with Crippen LogP contribution in [0.2, 0.25) is 5.02 Å². The van der Waals surface area contributed by atoms with Crippen LogP contribution in [0.5, 0.6) is 0 Å². The van der Waals surface area contributed by atoms with Gasteiger partial charge in [0.05, 0.1) is 17.3 Å². The molecule has 1 heterocycles. The van der Waals surface area contributed by atoms with Crippen LogP contribution in [0.4, 0.5) is 0 Å². The predicted octanol–water partition coefficient (Wildman–Crippen LogP) is 4.64. The van der Waals surface area contributed by atoms with Crippen LogP contribution in [0, 0.1) is 3.57 Å². The van der Waals surface area contributed by atoms with Crippen molar-refractivity contribution in [2.75, 3.05) is 6.54 Å². The largest absolute Gasteiger partial charge is 0.306 e. The van der Waals surface area contributed by atoms with Crippen molar-refractivity contribution in [1.29, 1.82) is 0 Å². The van der Waals surface area contributed by atoms with Crippen LogP contribution in [0.1, 0.15) is 43.9 Å². The molecule has 0 amide bonds. The van der Waals surface area contributed by atoms with E-state index >= 15 is 0 Å². The first kappa shape index (κ1) is 16.8. The summed E-state index contributed by atoms with van der Waals surface area (Å²) >= 11 is 8.53. The van der Waals surface area contributed by atoms with Gasteiger partial charge in [-0.1, -0.05) is 31.5 Å². The molecule has 1 aromatic heterocycles. The first-order valence-electron chi connectivity index (χ1n) is 7.36. The molecule has 0 spiro atoms. The average molecular weight is 418 g/mol. The van der Waals surface area contributed by atoms with Crippen molar-refractivity contribution in [3.63, 3.8) is 0 Å². The lowest BCUT2D eigenvalue weighted by molar-refractivity contribution is 0.588. The molecule has 0 aliphatic carbocycles. The maximum atomic E-state index is 6.28. The summed E-state index contributed by atoms with van der Waals surface area (Å²) in [5.41, 5.74) is 2.37. The summed E-state index contributed by atoms with van der Waals surface area (Å²) in [6.07, 6.45) is 6.26. The zero-order valence-corrected chi connectivity index (χ0v) is 15.4. The van der Waals surface area contributed by atoms with Gasteiger partial charge in [-0.25, -0.2) is 0 Å². The fraction of sp³-hybridized carbons (Fsp3) is 0.438. The summed E-state index contributed by atoms with van der Waals surface area (Å²) in [6.45, 7) is 6.25. The number of nitrogens with zero attached hydrogens (tertiary/aromatic N) is 2. The molecular weight excluding hydrogens is 397 g/mol. The first-order chi connectivity index (χ1) is 10.2. The van der Waals surface area contributed by atoms with Crippen molar-refractivity contribution in [1.82, 2.24) is 15.1 Å². The minimum Gasteiger partial charge on any atom is -0.306 e. The minimum absolute atomic E-state index is 0.144. The van der Waals surface area contributed by atoms with Gasteiger partial charge in [-0.05, 0) is 59.7 Å². The van der Waals surface area contributed by atoms with Gasteiger partial charge >= 0.3 is 0 Å². The van der Waals surface area contributed by atoms with Crippen LogP contribution in [-0.2, 0) is 6.54 Å². The van der Waals surface area contributed by atoms with E-state index in [4.69, 9.17) is 11.6 Å². The van der Waals surface area contributed by atoms with Gasteiger partial charge in [0.1, 0.15) is 0 Å². The highest BCUT2D eigenvalue weighted by Crippen LogP contribution is 2.27. The van der Waals surface area contributed by atoms with Crippen molar-refractivity contribution < 1.29 is 0 Å². The van der Waals surface area contributed by atoms with Crippen LogP contribution in [0.3, 0.4) is 0 Å². The molecule has 1 unspecified atom stereocenters. The third-order valence-electron chi connectivity index (χ3n) is 3.31. The van der Waals surface area contributed by atoms with Crippen LogP contribution in [0.25, 0.3) is 0 Å². The van der Waals surface area contributed by atoms with E-state index in [0.717, 1.165) is 34.5 Å². The standard InChI is InChI=1S/C16H21ClIN3/c1-3-7-19-16(12-5-6-15(18)14(17)9-12)13-10-20-21(11-13)8-4-2/h5-6,9-11,16,19H,3-4,7-8H2,1-2H3. The third kappa shape index (κ3) is 4.44. The lowest BCUT2D eigenvalue weighted by Gasteiger charge is -2.18. The molecule has 114 valence electrons. The lowest BCUT2D eigenvalue weighted by Crippen LogP contribution is -2.23. The second kappa shape index (κ2) is 8.15. The maximum Gasteiger partial charge on any atom is 0.0608 e. The third-order valence-corrected chi connectivity index (χ3v) is 4.89. The SMILES string of the molecule is CCCNC(c1ccc(I)c(Cl)c1)c1cnn(CCC)c1. The Hall–Kier alpha value is -0.590. The van der Waals surface area contributed by atoms with Crippen LogP contribution in [-0.4, -0.2) is 16.3 Å². The van der Waals surface area contributed by atoms with E-state index in [2.05, 4.69) is 65.2 Å². The van der Waals surface area contributed by atoms with E-state index in [1.807, 2.05) is 16.9 Å². The van der Waals surface area contributed by atoms with Gasteiger partial charge < -0.3 is 5.32 Å². The molecule has 0 radical (unpaired) electrons. The Bertz CT molecular complexity index is 583. The van der Waals surface area contributed by atoms with Crippen molar-refractivity contribution >= 4 is 34.2 Å². The van der Waals surface area contributed by atoms with Gasteiger partial charge in [0, 0.05) is 21.9 Å². The molecule has 0 bridgehead atoms. The van der Waals surface area contributed by atoms with E-state index in [1.54, 1.807) is 0 Å². The Labute approximate surface area is 145 Å². The molecule has 2 aromatic rings. The van der Waals surface area contributed by atoms with E-state index in [0.29, 0.717) is 0 Å². The van der Waals surface area contributed by atoms with Gasteiger partial charge in [-0.3, -0.25) is 4.68 Å². The number of aryl methyl sites for hydroxylation is 1. The first-order valence-corrected chi connectivity index (χ1v) is 8.82. The summed E-state index contributed by atoms with van der Waals surface area (Å²) in [7, 11) is 0. The van der Waals surface area contributed by atoms with Crippen LogP contribution < -0.4 is 5.32 Å². The van der Waals surface area contributed by atoms with Crippen molar-refractivity contribution in [3.05, 3.63) is 50.3 Å². The van der Waals surface area contributed by atoms with Crippen molar-refractivity contribution in [2.45, 2.75) is 39.3 Å². The van der Waals surface area contributed by atoms with E-state index in [-0.39, 0.29) is 6.04 Å². The summed E-state index contributed by atoms with van der Waals surface area (Å²) in [4.78, 5) is 0. The molecule has 1 atom stereocenters. The predicted molar refractivity (Wildman–Crippen MR) is 96.8 cm³/mol. The summed E-state index contributed by atoms with van der Waals surface area (Å²) < 4.78 is 3.08. The molecule has 0 aliphatic rings.